The Kier molecular flexibility index (Phi) is 5.01. The lowest BCUT2D eigenvalue weighted by molar-refractivity contribution is -0.132. The Morgan fingerprint density at radius 1 is 1.38 bits per heavy atom. The largest absolute Gasteiger partial charge is 0.322 e. The standard InChI is InChI=1S/C15H17FN2O2S/c1-10(2)7-14(19)18-9-21-8-13(18)15(20)17-12-6-4-3-5-11(12)16/h3-7,13H,8-9H2,1-2H3,(H,17,20)/t13-/m0/s1. The smallest absolute Gasteiger partial charge is 0.248 e. The Morgan fingerprint density at radius 2 is 2.10 bits per heavy atom. The molecule has 1 aliphatic rings. The molecule has 0 aliphatic carbocycles. The molecule has 0 spiro atoms. The molecule has 21 heavy (non-hydrogen) atoms. The third kappa shape index (κ3) is 3.85. The fourth-order valence-electron chi connectivity index (χ4n) is 1.99. The fraction of sp³-hybridized carbons (Fsp3) is 0.333. The van der Waals surface area contributed by atoms with Gasteiger partial charge in [-0.15, -0.1) is 11.8 Å². The number of allylic oxidation sites excluding steroid dienone is 1. The molecule has 0 radical (unpaired) electrons. The van der Waals surface area contributed by atoms with Crippen molar-refractivity contribution in [2.75, 3.05) is 16.9 Å². The molecule has 0 unspecified atom stereocenters. The second kappa shape index (κ2) is 6.76. The summed E-state index contributed by atoms with van der Waals surface area (Å²) in [4.78, 5) is 25.8. The minimum Gasteiger partial charge on any atom is -0.322 e. The molecule has 1 atom stereocenters. The normalized spacial score (nSPS) is 17.5. The number of hydrogen-bond acceptors (Lipinski definition) is 3. The molecular formula is C15H17FN2O2S. The van der Waals surface area contributed by atoms with Gasteiger partial charge in [-0.3, -0.25) is 9.59 Å². The van der Waals surface area contributed by atoms with E-state index in [4.69, 9.17) is 0 Å². The van der Waals surface area contributed by atoms with Crippen LogP contribution in [0.2, 0.25) is 0 Å². The zero-order valence-corrected chi connectivity index (χ0v) is 12.7. The zero-order chi connectivity index (χ0) is 15.4. The van der Waals surface area contributed by atoms with Crippen LogP contribution >= 0.6 is 11.8 Å². The van der Waals surface area contributed by atoms with Gasteiger partial charge >= 0.3 is 0 Å². The maximum Gasteiger partial charge on any atom is 0.248 e. The summed E-state index contributed by atoms with van der Waals surface area (Å²) >= 11 is 1.51. The molecule has 2 rings (SSSR count). The van der Waals surface area contributed by atoms with Crippen LogP contribution in [-0.2, 0) is 9.59 Å². The van der Waals surface area contributed by atoms with E-state index in [1.54, 1.807) is 12.1 Å². The number of amides is 2. The highest BCUT2D eigenvalue weighted by atomic mass is 32.2. The van der Waals surface area contributed by atoms with Gasteiger partial charge in [-0.25, -0.2) is 4.39 Å². The van der Waals surface area contributed by atoms with E-state index < -0.39 is 11.9 Å². The SMILES string of the molecule is CC(C)=CC(=O)N1CSC[C@H]1C(=O)Nc1ccccc1F. The van der Waals surface area contributed by atoms with Gasteiger partial charge in [0.1, 0.15) is 11.9 Å². The number of benzene rings is 1. The fourth-order valence-corrected chi connectivity index (χ4v) is 3.15. The second-order valence-corrected chi connectivity index (χ2v) is 6.01. The summed E-state index contributed by atoms with van der Waals surface area (Å²) in [5, 5.41) is 2.55. The summed E-state index contributed by atoms with van der Waals surface area (Å²) in [6, 6.07) is 5.41. The Morgan fingerprint density at radius 3 is 2.76 bits per heavy atom. The number of rotatable bonds is 3. The molecule has 0 aromatic heterocycles. The average Bonchev–Trinajstić information content (AvgIpc) is 2.90. The molecule has 0 saturated carbocycles. The third-order valence-corrected chi connectivity index (χ3v) is 4.02. The maximum absolute atomic E-state index is 13.6. The van der Waals surface area contributed by atoms with Gasteiger partial charge in [0.15, 0.2) is 0 Å². The third-order valence-electron chi connectivity index (χ3n) is 3.01. The Labute approximate surface area is 127 Å². The van der Waals surface area contributed by atoms with Crippen LogP contribution < -0.4 is 5.32 Å². The van der Waals surface area contributed by atoms with E-state index in [9.17, 15) is 14.0 Å². The highest BCUT2D eigenvalue weighted by Gasteiger charge is 2.34. The summed E-state index contributed by atoms with van der Waals surface area (Å²) in [7, 11) is 0. The Balaban J connectivity index is 2.09. The Hall–Kier alpha value is -1.82. The number of halogens is 1. The van der Waals surface area contributed by atoms with Crippen LogP contribution in [0.25, 0.3) is 0 Å². The maximum atomic E-state index is 13.6. The van der Waals surface area contributed by atoms with Crippen molar-refractivity contribution < 1.29 is 14.0 Å². The molecule has 2 amide bonds. The lowest BCUT2D eigenvalue weighted by Gasteiger charge is -2.22. The molecule has 1 saturated heterocycles. The Bertz CT molecular complexity index is 585. The van der Waals surface area contributed by atoms with E-state index in [0.717, 1.165) is 5.57 Å². The number of nitrogens with zero attached hydrogens (tertiary/aromatic N) is 1. The van der Waals surface area contributed by atoms with E-state index in [-0.39, 0.29) is 17.5 Å². The first kappa shape index (κ1) is 15.6. The van der Waals surface area contributed by atoms with Crippen molar-refractivity contribution in [2.45, 2.75) is 19.9 Å². The van der Waals surface area contributed by atoms with Crippen molar-refractivity contribution in [1.82, 2.24) is 4.90 Å². The van der Waals surface area contributed by atoms with Gasteiger partial charge in [0, 0.05) is 11.8 Å². The van der Waals surface area contributed by atoms with Gasteiger partial charge in [-0.05, 0) is 26.0 Å². The summed E-state index contributed by atoms with van der Waals surface area (Å²) in [5.74, 6) is -0.0476. The van der Waals surface area contributed by atoms with E-state index in [1.807, 2.05) is 13.8 Å². The van der Waals surface area contributed by atoms with E-state index >= 15 is 0 Å². The van der Waals surface area contributed by atoms with E-state index in [0.29, 0.717) is 11.6 Å². The molecule has 4 nitrogen and oxygen atoms in total. The summed E-state index contributed by atoms with van der Waals surface area (Å²) in [5.41, 5.74) is 1.01. The van der Waals surface area contributed by atoms with Gasteiger partial charge in [-0.1, -0.05) is 17.7 Å². The minimum absolute atomic E-state index is 0.133. The van der Waals surface area contributed by atoms with Gasteiger partial charge in [-0.2, -0.15) is 0 Å². The first-order valence-electron chi connectivity index (χ1n) is 6.57. The summed E-state index contributed by atoms with van der Waals surface area (Å²) in [6.45, 7) is 3.66. The van der Waals surface area contributed by atoms with Crippen LogP contribution in [0.5, 0.6) is 0 Å². The van der Waals surface area contributed by atoms with Crippen LogP contribution in [-0.4, -0.2) is 34.4 Å². The average molecular weight is 308 g/mol. The van der Waals surface area contributed by atoms with Crippen molar-refractivity contribution in [3.8, 4) is 0 Å². The molecule has 0 bridgehead atoms. The molecule has 1 N–H and O–H groups in total. The monoisotopic (exact) mass is 308 g/mol. The summed E-state index contributed by atoms with van der Waals surface area (Å²) in [6.07, 6.45) is 1.51. The number of para-hydroxylation sites is 1. The van der Waals surface area contributed by atoms with E-state index in [1.165, 1.54) is 34.9 Å². The predicted octanol–water partition coefficient (Wildman–Crippen LogP) is 2.63. The van der Waals surface area contributed by atoms with Gasteiger partial charge in [0.25, 0.3) is 0 Å². The number of hydrogen-bond donors (Lipinski definition) is 1. The first-order chi connectivity index (χ1) is 9.99. The number of thioether (sulfide) groups is 1. The molecule has 1 aliphatic heterocycles. The zero-order valence-electron chi connectivity index (χ0n) is 11.9. The van der Waals surface area contributed by atoms with Gasteiger partial charge < -0.3 is 10.2 Å². The van der Waals surface area contributed by atoms with Crippen LogP contribution in [0.1, 0.15) is 13.8 Å². The number of carbonyl (C=O) groups is 2. The number of nitrogens with one attached hydrogen (secondary N) is 1. The molecule has 112 valence electrons. The van der Waals surface area contributed by atoms with Crippen molar-refractivity contribution in [3.63, 3.8) is 0 Å². The molecule has 1 aromatic rings. The van der Waals surface area contributed by atoms with Crippen LogP contribution in [0.3, 0.4) is 0 Å². The van der Waals surface area contributed by atoms with Crippen molar-refractivity contribution in [3.05, 3.63) is 41.7 Å². The number of anilines is 1. The molecule has 1 fully saturated rings. The van der Waals surface area contributed by atoms with Gasteiger partial charge in [0.05, 0.1) is 11.6 Å². The quantitative estimate of drug-likeness (QED) is 0.873. The summed E-state index contributed by atoms with van der Waals surface area (Å²) < 4.78 is 13.6. The molecule has 1 aromatic carbocycles. The predicted molar refractivity (Wildman–Crippen MR) is 82.4 cm³/mol. The van der Waals surface area contributed by atoms with E-state index in [2.05, 4.69) is 5.32 Å². The molecule has 6 heteroatoms. The molecule has 1 heterocycles. The second-order valence-electron chi connectivity index (χ2n) is 5.01. The van der Waals surface area contributed by atoms with Crippen LogP contribution in [0.15, 0.2) is 35.9 Å². The van der Waals surface area contributed by atoms with Gasteiger partial charge in [0.2, 0.25) is 11.8 Å². The highest BCUT2D eigenvalue weighted by molar-refractivity contribution is 7.99. The van der Waals surface area contributed by atoms with Crippen molar-refractivity contribution in [2.24, 2.45) is 0 Å². The highest BCUT2D eigenvalue weighted by Crippen LogP contribution is 2.23. The van der Waals surface area contributed by atoms with Crippen LogP contribution in [0, 0.1) is 5.82 Å². The topological polar surface area (TPSA) is 49.4 Å². The molecular weight excluding hydrogens is 291 g/mol. The van der Waals surface area contributed by atoms with Crippen molar-refractivity contribution >= 4 is 29.3 Å². The number of carbonyl (C=O) groups excluding carboxylic acids is 2. The van der Waals surface area contributed by atoms with Crippen LogP contribution in [0.4, 0.5) is 10.1 Å². The lowest BCUT2D eigenvalue weighted by Crippen LogP contribution is -2.44. The van der Waals surface area contributed by atoms with Crippen molar-refractivity contribution in [1.29, 1.82) is 0 Å². The minimum atomic E-state index is -0.572. The lowest BCUT2D eigenvalue weighted by atomic mass is 10.2. The first-order valence-corrected chi connectivity index (χ1v) is 7.73.